The maximum absolute atomic E-state index is 6.12. The predicted octanol–water partition coefficient (Wildman–Crippen LogP) is 17.3. The molecule has 0 radical (unpaired) electrons. The smallest absolute Gasteiger partial charge is 0.227 e. The highest BCUT2D eigenvalue weighted by molar-refractivity contribution is 5.85. The number of rotatable bonds is 11. The molecule has 0 saturated carbocycles. The molecule has 1 aliphatic rings. The van der Waals surface area contributed by atoms with Crippen LogP contribution in [0.1, 0.15) is 18.4 Å². The van der Waals surface area contributed by atoms with E-state index in [4.69, 9.17) is 18.8 Å². The van der Waals surface area contributed by atoms with Gasteiger partial charge in [-0.1, -0.05) is 121 Å². The van der Waals surface area contributed by atoms with Crippen LogP contribution in [0.25, 0.3) is 72.9 Å². The van der Waals surface area contributed by atoms with Crippen LogP contribution in [0.4, 0.5) is 34.1 Å². The molecule has 0 fully saturated rings. The summed E-state index contributed by atoms with van der Waals surface area (Å²) in [4.78, 5) is 14.1. The minimum atomic E-state index is 0.604. The van der Waals surface area contributed by atoms with Crippen molar-refractivity contribution in [2.45, 2.75) is 12.8 Å². The maximum Gasteiger partial charge on any atom is 0.227 e. The molecule has 324 valence electrons. The first kappa shape index (κ1) is 40.5. The molecule has 2 heterocycles. The van der Waals surface area contributed by atoms with Crippen molar-refractivity contribution in [3.05, 3.63) is 248 Å². The number of oxazole rings is 2. The van der Waals surface area contributed by atoms with Gasteiger partial charge in [0.15, 0.2) is 11.2 Å². The van der Waals surface area contributed by atoms with Gasteiger partial charge in [0.25, 0.3) is 0 Å². The SMILES string of the molecule is C1=CC(c2ccc(N(c3ccc(-c4ccc(N(c5ccc(-c6ccccc6)cc5)c5ccc(-c6nc7ccccc7o6)cc5)cc4)cc3)c3ccc(-c4nc5ccccc5o4)cc3)cc2)=CCC1. The Morgan fingerprint density at radius 2 is 0.647 bits per heavy atom. The average Bonchev–Trinajstić information content (AvgIpc) is 4.06. The summed E-state index contributed by atoms with van der Waals surface area (Å²) in [5, 5.41) is 0. The molecule has 68 heavy (non-hydrogen) atoms. The third-order valence-electron chi connectivity index (χ3n) is 12.6. The van der Waals surface area contributed by atoms with Gasteiger partial charge in [0.05, 0.1) is 0 Å². The van der Waals surface area contributed by atoms with E-state index in [-0.39, 0.29) is 0 Å². The normalized spacial score (nSPS) is 12.3. The van der Waals surface area contributed by atoms with Gasteiger partial charge in [-0.25, -0.2) is 9.97 Å². The Morgan fingerprint density at radius 3 is 1.01 bits per heavy atom. The van der Waals surface area contributed by atoms with E-state index < -0.39 is 0 Å². The Balaban J connectivity index is 0.854. The van der Waals surface area contributed by atoms with Gasteiger partial charge in [0.1, 0.15) is 11.0 Å². The lowest BCUT2D eigenvalue weighted by molar-refractivity contribution is 0.619. The summed E-state index contributed by atoms with van der Waals surface area (Å²) in [6, 6.07) is 78.4. The molecule has 0 aliphatic heterocycles. The zero-order chi connectivity index (χ0) is 45.2. The summed E-state index contributed by atoms with van der Waals surface area (Å²) >= 11 is 0. The Bertz CT molecular complexity index is 3510. The van der Waals surface area contributed by atoms with Crippen LogP contribution in [-0.2, 0) is 0 Å². The largest absolute Gasteiger partial charge is 0.436 e. The first-order valence-corrected chi connectivity index (χ1v) is 23.0. The molecule has 0 atom stereocenters. The number of fused-ring (bicyclic) bond motifs is 2. The Labute approximate surface area is 395 Å². The second-order valence-corrected chi connectivity index (χ2v) is 16.9. The van der Waals surface area contributed by atoms with Gasteiger partial charge < -0.3 is 18.6 Å². The number of hydrogen-bond donors (Lipinski definition) is 0. The third kappa shape index (κ3) is 8.05. The molecule has 11 aromatic rings. The highest BCUT2D eigenvalue weighted by Crippen LogP contribution is 2.40. The van der Waals surface area contributed by atoms with Gasteiger partial charge in [-0.05, 0) is 168 Å². The number of anilines is 6. The van der Waals surface area contributed by atoms with Crippen molar-refractivity contribution in [1.29, 1.82) is 0 Å². The van der Waals surface area contributed by atoms with Crippen molar-refractivity contribution < 1.29 is 8.83 Å². The summed E-state index contributed by atoms with van der Waals surface area (Å²) < 4.78 is 12.2. The van der Waals surface area contributed by atoms with Crippen LogP contribution in [0.15, 0.2) is 252 Å². The highest BCUT2D eigenvalue weighted by atomic mass is 16.4. The van der Waals surface area contributed by atoms with Crippen LogP contribution in [0, 0.1) is 0 Å². The van der Waals surface area contributed by atoms with Crippen LogP contribution < -0.4 is 9.80 Å². The quantitative estimate of drug-likeness (QED) is 0.129. The number of benzene rings is 9. The van der Waals surface area contributed by atoms with E-state index >= 15 is 0 Å². The molecule has 1 aliphatic carbocycles. The van der Waals surface area contributed by atoms with Crippen molar-refractivity contribution in [1.82, 2.24) is 9.97 Å². The predicted molar refractivity (Wildman–Crippen MR) is 279 cm³/mol. The lowest BCUT2D eigenvalue weighted by Crippen LogP contribution is -2.10. The standard InChI is InChI=1S/C62H44N4O2/c1-3-11-43(12-4-1)45-19-31-51(32-20-45)65(55-39-27-49(28-40-55)61-63-57-15-7-9-17-59(57)67-61)53-35-23-47(24-36-53)48-25-37-54(38-26-48)66(52-33-21-46(22-34-52)44-13-5-2-6-14-44)56-41-29-50(30-42-56)62-64-58-16-8-10-18-60(58)68-62/h1,3-5,7-42H,2,6H2. The van der Waals surface area contributed by atoms with E-state index in [1.807, 2.05) is 54.6 Å². The van der Waals surface area contributed by atoms with Crippen molar-refractivity contribution in [2.75, 3.05) is 9.80 Å². The molecule has 6 heteroatoms. The molecule has 0 spiro atoms. The number of allylic oxidation sites excluding steroid dienone is 4. The van der Waals surface area contributed by atoms with Crippen LogP contribution in [0.2, 0.25) is 0 Å². The van der Waals surface area contributed by atoms with Crippen molar-refractivity contribution >= 4 is 61.9 Å². The van der Waals surface area contributed by atoms with E-state index in [2.05, 4.69) is 198 Å². The molecule has 0 bridgehead atoms. The van der Waals surface area contributed by atoms with E-state index in [0.29, 0.717) is 11.8 Å². The fraction of sp³-hybridized carbons (Fsp3) is 0.0323. The zero-order valence-electron chi connectivity index (χ0n) is 37.1. The van der Waals surface area contributed by atoms with E-state index in [0.717, 1.165) is 91.4 Å². The summed E-state index contributed by atoms with van der Waals surface area (Å²) in [5.41, 5.74) is 18.5. The van der Waals surface area contributed by atoms with Crippen molar-refractivity contribution in [2.24, 2.45) is 0 Å². The number of hydrogen-bond acceptors (Lipinski definition) is 6. The van der Waals surface area contributed by atoms with E-state index in [9.17, 15) is 0 Å². The van der Waals surface area contributed by atoms with Gasteiger partial charge in [0.2, 0.25) is 11.8 Å². The fourth-order valence-electron chi connectivity index (χ4n) is 9.06. The summed E-state index contributed by atoms with van der Waals surface area (Å²) in [6.07, 6.45) is 8.97. The number of aromatic nitrogens is 2. The summed E-state index contributed by atoms with van der Waals surface area (Å²) in [5.74, 6) is 1.21. The van der Waals surface area contributed by atoms with Gasteiger partial charge in [-0.2, -0.15) is 0 Å². The summed E-state index contributed by atoms with van der Waals surface area (Å²) in [7, 11) is 0. The summed E-state index contributed by atoms with van der Waals surface area (Å²) in [6.45, 7) is 0. The topological polar surface area (TPSA) is 58.5 Å². The minimum absolute atomic E-state index is 0.604. The molecule has 6 nitrogen and oxygen atoms in total. The van der Waals surface area contributed by atoms with Crippen LogP contribution in [0.3, 0.4) is 0 Å². The molecule has 0 N–H and O–H groups in total. The van der Waals surface area contributed by atoms with Crippen LogP contribution >= 0.6 is 0 Å². The third-order valence-corrected chi connectivity index (χ3v) is 12.6. The second kappa shape index (κ2) is 17.8. The zero-order valence-corrected chi connectivity index (χ0v) is 37.1. The number of nitrogens with zero attached hydrogens (tertiary/aromatic N) is 4. The minimum Gasteiger partial charge on any atom is -0.436 e. The lowest BCUT2D eigenvalue weighted by atomic mass is 9.99. The van der Waals surface area contributed by atoms with Crippen molar-refractivity contribution in [3.8, 4) is 45.2 Å². The van der Waals surface area contributed by atoms with Gasteiger partial charge in [-0.15, -0.1) is 0 Å². The van der Waals surface area contributed by atoms with E-state index in [1.165, 1.54) is 22.3 Å². The van der Waals surface area contributed by atoms with Crippen molar-refractivity contribution in [3.63, 3.8) is 0 Å². The lowest BCUT2D eigenvalue weighted by Gasteiger charge is -2.26. The average molecular weight is 877 g/mol. The van der Waals surface area contributed by atoms with Gasteiger partial charge in [0, 0.05) is 45.3 Å². The first-order valence-electron chi connectivity index (χ1n) is 23.0. The fourth-order valence-corrected chi connectivity index (χ4v) is 9.06. The molecular formula is C62H44N4O2. The first-order chi connectivity index (χ1) is 33.7. The van der Waals surface area contributed by atoms with Gasteiger partial charge >= 0.3 is 0 Å². The molecule has 0 saturated heterocycles. The Kier molecular flexibility index (Phi) is 10.6. The second-order valence-electron chi connectivity index (χ2n) is 16.9. The van der Waals surface area contributed by atoms with E-state index in [1.54, 1.807) is 0 Å². The monoisotopic (exact) mass is 876 g/mol. The number of para-hydroxylation sites is 4. The van der Waals surface area contributed by atoms with Crippen LogP contribution in [-0.4, -0.2) is 9.97 Å². The molecule has 12 rings (SSSR count). The highest BCUT2D eigenvalue weighted by Gasteiger charge is 2.18. The Morgan fingerprint density at radius 1 is 0.309 bits per heavy atom. The molecular weight excluding hydrogens is 833 g/mol. The maximum atomic E-state index is 6.12. The molecule has 0 amide bonds. The molecule has 2 aromatic heterocycles. The molecule has 0 unspecified atom stereocenters. The van der Waals surface area contributed by atoms with Gasteiger partial charge in [-0.3, -0.25) is 0 Å². The molecule has 9 aromatic carbocycles. The Hall–Kier alpha value is -9.00. The van der Waals surface area contributed by atoms with Crippen LogP contribution in [0.5, 0.6) is 0 Å².